The van der Waals surface area contributed by atoms with Gasteiger partial charge in [0, 0.05) is 59.5 Å². The SMILES string of the molecule is C[S+](C)CCCNC(=O)c1csc(-c2csc(C(CN)CN)n2)n1.[Cl-].[Co]. The summed E-state index contributed by atoms with van der Waals surface area (Å²) in [4.78, 5) is 21.1. The zero-order valence-corrected chi connectivity index (χ0v) is 18.9. The van der Waals surface area contributed by atoms with E-state index in [2.05, 4.69) is 27.8 Å². The number of nitrogens with one attached hydrogen (secondary N) is 1. The fraction of sp³-hybridized carbons (Fsp3) is 0.533. The molecule has 1 radical (unpaired) electrons. The number of thiazole rings is 2. The Morgan fingerprint density at radius 1 is 1.23 bits per heavy atom. The summed E-state index contributed by atoms with van der Waals surface area (Å²) in [6, 6.07) is 0. The Kier molecular flexibility index (Phi) is 13.0. The van der Waals surface area contributed by atoms with Gasteiger partial charge in [-0.1, -0.05) is 0 Å². The van der Waals surface area contributed by atoms with Gasteiger partial charge in [0.15, 0.2) is 0 Å². The first-order valence-electron chi connectivity index (χ1n) is 7.69. The molecule has 0 aliphatic carbocycles. The molecule has 1 amide bonds. The molecule has 2 heterocycles. The molecule has 0 spiro atoms. The first-order valence-corrected chi connectivity index (χ1v) is 11.7. The van der Waals surface area contributed by atoms with Crippen molar-refractivity contribution >= 4 is 39.5 Å². The van der Waals surface area contributed by atoms with Gasteiger partial charge in [-0.25, -0.2) is 9.97 Å². The maximum atomic E-state index is 12.1. The maximum Gasteiger partial charge on any atom is 0.270 e. The zero-order chi connectivity index (χ0) is 17.5. The fourth-order valence-electron chi connectivity index (χ4n) is 2.02. The van der Waals surface area contributed by atoms with E-state index in [0.717, 1.165) is 27.9 Å². The predicted molar refractivity (Wildman–Crippen MR) is 105 cm³/mol. The van der Waals surface area contributed by atoms with Crippen LogP contribution in [0.1, 0.15) is 27.8 Å². The summed E-state index contributed by atoms with van der Waals surface area (Å²) in [7, 11) is 0.411. The van der Waals surface area contributed by atoms with Crippen LogP contribution >= 0.6 is 22.7 Å². The van der Waals surface area contributed by atoms with Crippen molar-refractivity contribution in [1.29, 1.82) is 0 Å². The molecule has 26 heavy (non-hydrogen) atoms. The Balaban J connectivity index is 0.00000312. The van der Waals surface area contributed by atoms with Gasteiger partial charge >= 0.3 is 0 Å². The third-order valence-corrected chi connectivity index (χ3v) is 6.39. The zero-order valence-electron chi connectivity index (χ0n) is 14.7. The summed E-state index contributed by atoms with van der Waals surface area (Å²) in [5, 5.41) is 8.31. The number of nitrogens with two attached hydrogens (primary N) is 2. The van der Waals surface area contributed by atoms with Crippen molar-refractivity contribution in [3.05, 3.63) is 21.5 Å². The normalized spacial score (nSPS) is 10.5. The van der Waals surface area contributed by atoms with E-state index in [1.165, 1.54) is 22.7 Å². The average molecular weight is 481 g/mol. The van der Waals surface area contributed by atoms with E-state index in [9.17, 15) is 4.79 Å². The van der Waals surface area contributed by atoms with Crippen LogP contribution in [0.15, 0.2) is 10.8 Å². The molecule has 0 bridgehead atoms. The van der Waals surface area contributed by atoms with Gasteiger partial charge in [-0.15, -0.1) is 22.7 Å². The van der Waals surface area contributed by atoms with Crippen LogP contribution in [0.25, 0.3) is 10.7 Å². The molecule has 0 aromatic carbocycles. The van der Waals surface area contributed by atoms with Crippen molar-refractivity contribution < 1.29 is 34.0 Å². The molecule has 0 fully saturated rings. The monoisotopic (exact) mass is 480 g/mol. The molecule has 6 nitrogen and oxygen atoms in total. The Morgan fingerprint density at radius 3 is 2.54 bits per heavy atom. The molecule has 0 aliphatic heterocycles. The van der Waals surface area contributed by atoms with Gasteiger partial charge in [0.2, 0.25) is 0 Å². The Morgan fingerprint density at radius 2 is 1.92 bits per heavy atom. The summed E-state index contributed by atoms with van der Waals surface area (Å²) in [6.45, 7) is 1.64. The predicted octanol–water partition coefficient (Wildman–Crippen LogP) is -1.73. The summed E-state index contributed by atoms with van der Waals surface area (Å²) < 4.78 is 0. The molecule has 149 valence electrons. The number of amides is 1. The van der Waals surface area contributed by atoms with Crippen molar-refractivity contribution in [2.75, 3.05) is 37.9 Å². The second-order valence-corrected chi connectivity index (χ2v) is 9.70. The number of carbonyl (C=O) groups is 1. The second kappa shape index (κ2) is 13.1. The number of aromatic nitrogens is 2. The average Bonchev–Trinajstić information content (AvgIpc) is 3.21. The smallest absolute Gasteiger partial charge is 0.270 e. The molecular weight excluding hydrogens is 457 g/mol. The molecule has 11 heteroatoms. The van der Waals surface area contributed by atoms with Crippen LogP contribution in [0.4, 0.5) is 0 Å². The first kappa shape index (κ1) is 25.8. The maximum absolute atomic E-state index is 12.1. The molecule has 2 aromatic heterocycles. The van der Waals surface area contributed by atoms with Crippen molar-refractivity contribution in [1.82, 2.24) is 15.3 Å². The van der Waals surface area contributed by atoms with Crippen molar-refractivity contribution in [3.8, 4) is 10.7 Å². The van der Waals surface area contributed by atoms with Gasteiger partial charge in [0.25, 0.3) is 5.91 Å². The summed E-state index contributed by atoms with van der Waals surface area (Å²) in [5.41, 5.74) is 12.6. The number of halogens is 1. The van der Waals surface area contributed by atoms with Crippen LogP contribution in [0.3, 0.4) is 0 Å². The Hall–Kier alpha value is -0.204. The molecule has 2 rings (SSSR count). The van der Waals surface area contributed by atoms with Crippen LogP contribution in [-0.4, -0.2) is 53.8 Å². The molecular formula is C15H24ClCoN5OS3. The Bertz CT molecular complexity index is 663. The van der Waals surface area contributed by atoms with Crippen LogP contribution in [0.2, 0.25) is 0 Å². The first-order chi connectivity index (χ1) is 11.5. The minimum absolute atomic E-state index is 0. The number of carbonyl (C=O) groups excluding carboxylic acids is 1. The number of hydrogen-bond acceptors (Lipinski definition) is 7. The molecule has 0 unspecified atom stereocenters. The number of nitrogens with zero attached hydrogens (tertiary/aromatic N) is 2. The van der Waals surface area contributed by atoms with E-state index in [4.69, 9.17) is 11.5 Å². The van der Waals surface area contributed by atoms with Gasteiger partial charge in [0.05, 0.1) is 17.5 Å². The van der Waals surface area contributed by atoms with E-state index in [1.54, 1.807) is 5.38 Å². The third-order valence-electron chi connectivity index (χ3n) is 3.41. The van der Waals surface area contributed by atoms with Crippen molar-refractivity contribution in [3.63, 3.8) is 0 Å². The number of rotatable bonds is 9. The van der Waals surface area contributed by atoms with Gasteiger partial charge in [0.1, 0.15) is 22.1 Å². The molecule has 0 aliphatic rings. The topological polar surface area (TPSA) is 107 Å². The van der Waals surface area contributed by atoms with Gasteiger partial charge in [-0.05, 0) is 10.9 Å². The largest absolute Gasteiger partial charge is 1.00 e. The standard InChI is InChI=1S/C15H23N5OS3.ClH.Co/c1-24(2)5-3-4-18-13(21)11-8-23-15(19-11)12-9-22-14(20-12)10(6-16)7-17;;/h8-10H,3-7,16-17H2,1-2H3;1H;. The molecule has 5 N–H and O–H groups in total. The van der Waals surface area contributed by atoms with Crippen LogP contribution < -0.4 is 29.2 Å². The second-order valence-electron chi connectivity index (χ2n) is 5.58. The van der Waals surface area contributed by atoms with Crippen molar-refractivity contribution in [2.45, 2.75) is 12.3 Å². The minimum atomic E-state index is -0.123. The fourth-order valence-corrected chi connectivity index (χ4v) is 4.51. The third kappa shape index (κ3) is 7.43. The van der Waals surface area contributed by atoms with E-state index in [1.807, 2.05) is 5.38 Å². The minimum Gasteiger partial charge on any atom is -1.00 e. The van der Waals surface area contributed by atoms with Gasteiger partial charge < -0.3 is 29.2 Å². The quantitative estimate of drug-likeness (QED) is 0.292. The summed E-state index contributed by atoms with van der Waals surface area (Å²) in [6.07, 6.45) is 5.40. The molecule has 0 atom stereocenters. The van der Waals surface area contributed by atoms with E-state index in [-0.39, 0.29) is 41.0 Å². The van der Waals surface area contributed by atoms with Gasteiger partial charge in [-0.2, -0.15) is 0 Å². The molecule has 0 saturated heterocycles. The number of hydrogen-bond donors (Lipinski definition) is 3. The Labute approximate surface area is 181 Å². The van der Waals surface area contributed by atoms with E-state index >= 15 is 0 Å². The molecule has 2 aromatic rings. The van der Waals surface area contributed by atoms with E-state index in [0.29, 0.717) is 36.2 Å². The van der Waals surface area contributed by atoms with Crippen LogP contribution in [0.5, 0.6) is 0 Å². The van der Waals surface area contributed by atoms with E-state index < -0.39 is 0 Å². The van der Waals surface area contributed by atoms with Crippen LogP contribution in [0, 0.1) is 0 Å². The summed E-state index contributed by atoms with van der Waals surface area (Å²) in [5.74, 6) is 1.09. The van der Waals surface area contributed by atoms with Gasteiger partial charge in [-0.3, -0.25) is 4.79 Å². The van der Waals surface area contributed by atoms with Crippen LogP contribution in [-0.2, 0) is 27.7 Å². The van der Waals surface area contributed by atoms with Crippen molar-refractivity contribution in [2.24, 2.45) is 11.5 Å². The molecule has 0 saturated carbocycles. The summed E-state index contributed by atoms with van der Waals surface area (Å²) >= 11 is 2.96.